The summed E-state index contributed by atoms with van der Waals surface area (Å²) < 4.78 is 0. The number of fused-ring (bicyclic) bond motifs is 1. The van der Waals surface area contributed by atoms with Crippen molar-refractivity contribution >= 4 is 29.8 Å². The minimum Gasteiger partial charge on any atom is -0.324 e. The molecule has 0 fully saturated rings. The Balaban J connectivity index is 1.88. The van der Waals surface area contributed by atoms with Crippen molar-refractivity contribution in [1.29, 1.82) is 0 Å². The van der Waals surface area contributed by atoms with Crippen LogP contribution in [0.1, 0.15) is 11.6 Å². The Hall–Kier alpha value is -2.92. The molecule has 1 aliphatic rings. The van der Waals surface area contributed by atoms with Gasteiger partial charge in [0.2, 0.25) is 5.91 Å². The van der Waals surface area contributed by atoms with Crippen molar-refractivity contribution in [2.75, 3.05) is 19.4 Å². The molecule has 0 aliphatic carbocycles. The number of amides is 2. The molecule has 0 aromatic heterocycles. The number of anilines is 1. The molecule has 0 bridgehead atoms. The molecule has 2 aromatic rings. The van der Waals surface area contributed by atoms with E-state index in [1.807, 2.05) is 61.5 Å². The fraction of sp³-hybridized carbons (Fsp3) is 0.158. The third-order valence-electron chi connectivity index (χ3n) is 3.84. The van der Waals surface area contributed by atoms with Crippen LogP contribution in [-0.4, -0.2) is 30.8 Å². The van der Waals surface area contributed by atoms with Crippen molar-refractivity contribution in [3.63, 3.8) is 0 Å². The first-order chi connectivity index (χ1) is 11.5. The average Bonchev–Trinajstić information content (AvgIpc) is 2.55. The molecule has 0 spiro atoms. The van der Waals surface area contributed by atoms with E-state index in [0.29, 0.717) is 5.69 Å². The Morgan fingerprint density at radius 3 is 2.54 bits per heavy atom. The molecule has 0 saturated heterocycles. The van der Waals surface area contributed by atoms with Gasteiger partial charge in [-0.1, -0.05) is 36.4 Å². The van der Waals surface area contributed by atoms with Gasteiger partial charge in [0.25, 0.3) is 5.91 Å². The number of hydrogen-bond acceptors (Lipinski definition) is 3. The summed E-state index contributed by atoms with van der Waals surface area (Å²) in [5.41, 5.74) is 1.58. The van der Waals surface area contributed by atoms with Crippen molar-refractivity contribution in [1.82, 2.24) is 10.2 Å². The predicted molar refractivity (Wildman–Crippen MR) is 93.3 cm³/mol. The van der Waals surface area contributed by atoms with Crippen LogP contribution >= 0.6 is 0 Å². The normalized spacial score (nSPS) is 14.0. The predicted octanol–water partition coefficient (Wildman–Crippen LogP) is 0.591. The van der Waals surface area contributed by atoms with Crippen molar-refractivity contribution in [3.05, 3.63) is 64.5 Å². The zero-order valence-electron chi connectivity index (χ0n) is 13.6. The van der Waals surface area contributed by atoms with E-state index in [4.69, 9.17) is 0 Å². The lowest BCUT2D eigenvalue weighted by molar-refractivity contribution is -0.120. The standard InChI is InChI=1S/C19H18N3O2/c1-22(2)18(13-6-4-3-5-7-13)19(24)21-16-9-8-14-12-20-17(23)11-15(14)10-16/h3-12,18H,1-2H3,(H,21,24). The fourth-order valence-corrected chi connectivity index (χ4v) is 2.73. The second-order valence-electron chi connectivity index (χ2n) is 5.85. The fourth-order valence-electron chi connectivity index (χ4n) is 2.73. The van der Waals surface area contributed by atoms with Gasteiger partial charge in [0.1, 0.15) is 6.04 Å². The molecule has 2 amide bonds. The van der Waals surface area contributed by atoms with E-state index in [9.17, 15) is 9.59 Å². The van der Waals surface area contributed by atoms with Crippen LogP contribution in [0, 0.1) is 0 Å². The van der Waals surface area contributed by atoms with Gasteiger partial charge in [-0.15, -0.1) is 0 Å². The molecule has 121 valence electrons. The lowest BCUT2D eigenvalue weighted by atomic mass is 10.1. The highest BCUT2D eigenvalue weighted by Crippen LogP contribution is 2.19. The van der Waals surface area contributed by atoms with Gasteiger partial charge in [-0.2, -0.15) is 0 Å². The number of likely N-dealkylation sites (N-methyl/N-ethyl adjacent to an activating group) is 1. The summed E-state index contributed by atoms with van der Waals surface area (Å²) in [5, 5.41) is 8.29. The Morgan fingerprint density at radius 1 is 1.08 bits per heavy atom. The van der Waals surface area contributed by atoms with Gasteiger partial charge in [0, 0.05) is 23.2 Å². The molecule has 1 heterocycles. The van der Waals surface area contributed by atoms with Gasteiger partial charge in [0.05, 0.1) is 0 Å². The van der Waals surface area contributed by atoms with E-state index in [1.54, 1.807) is 6.07 Å². The second kappa shape index (κ2) is 6.68. The molecule has 0 saturated carbocycles. The molecule has 1 atom stereocenters. The average molecular weight is 320 g/mol. The van der Waals surface area contributed by atoms with Crippen LogP contribution in [0.2, 0.25) is 0 Å². The van der Waals surface area contributed by atoms with Crippen LogP contribution in [0.3, 0.4) is 0 Å². The van der Waals surface area contributed by atoms with E-state index < -0.39 is 6.04 Å². The minimum absolute atomic E-state index is 0.123. The lowest BCUT2D eigenvalue weighted by Crippen LogP contribution is -2.35. The van der Waals surface area contributed by atoms with E-state index in [2.05, 4.69) is 10.6 Å². The Labute approximate surface area is 140 Å². The highest BCUT2D eigenvalue weighted by Gasteiger charge is 2.22. The summed E-state index contributed by atoms with van der Waals surface area (Å²) in [6.45, 7) is 0. The van der Waals surface area contributed by atoms with Crippen LogP contribution in [0.15, 0.2) is 48.5 Å². The van der Waals surface area contributed by atoms with Gasteiger partial charge in [0.15, 0.2) is 0 Å². The first-order valence-corrected chi connectivity index (χ1v) is 7.63. The Morgan fingerprint density at radius 2 is 1.83 bits per heavy atom. The second-order valence-corrected chi connectivity index (χ2v) is 5.85. The van der Waals surface area contributed by atoms with E-state index in [1.165, 1.54) is 12.3 Å². The van der Waals surface area contributed by atoms with Crippen molar-refractivity contribution in [3.8, 4) is 0 Å². The molecule has 24 heavy (non-hydrogen) atoms. The summed E-state index contributed by atoms with van der Waals surface area (Å²) in [6.07, 6.45) is 3.00. The lowest BCUT2D eigenvalue weighted by Gasteiger charge is -2.23. The molecule has 3 rings (SSSR count). The number of carbonyl (C=O) groups excluding carboxylic acids is 2. The summed E-state index contributed by atoms with van der Waals surface area (Å²) >= 11 is 0. The molecule has 5 heteroatoms. The highest BCUT2D eigenvalue weighted by molar-refractivity contribution is 6.07. The van der Waals surface area contributed by atoms with Crippen LogP contribution in [0.25, 0.3) is 12.3 Å². The van der Waals surface area contributed by atoms with Crippen LogP contribution in [0.5, 0.6) is 0 Å². The maximum atomic E-state index is 12.7. The molecule has 1 aliphatic heterocycles. The number of hydrogen-bond donors (Lipinski definition) is 1. The Bertz CT molecular complexity index is 889. The van der Waals surface area contributed by atoms with E-state index >= 15 is 0 Å². The summed E-state index contributed by atoms with van der Waals surface area (Å²) in [4.78, 5) is 26.0. The molecule has 2 aromatic carbocycles. The van der Waals surface area contributed by atoms with Crippen LogP contribution in [-0.2, 0) is 9.59 Å². The maximum Gasteiger partial charge on any atom is 0.270 e. The van der Waals surface area contributed by atoms with Crippen molar-refractivity contribution in [2.24, 2.45) is 0 Å². The van der Waals surface area contributed by atoms with Gasteiger partial charge in [-0.3, -0.25) is 14.5 Å². The third kappa shape index (κ3) is 3.36. The largest absolute Gasteiger partial charge is 0.324 e. The zero-order valence-corrected chi connectivity index (χ0v) is 13.6. The van der Waals surface area contributed by atoms with Crippen molar-refractivity contribution in [2.45, 2.75) is 6.04 Å². The number of carbonyl (C=O) groups is 2. The van der Waals surface area contributed by atoms with Gasteiger partial charge >= 0.3 is 0 Å². The summed E-state index contributed by atoms with van der Waals surface area (Å²) in [7, 11) is 3.74. The summed E-state index contributed by atoms with van der Waals surface area (Å²) in [5.74, 6) is -0.414. The quantitative estimate of drug-likeness (QED) is 0.897. The smallest absolute Gasteiger partial charge is 0.270 e. The van der Waals surface area contributed by atoms with Gasteiger partial charge < -0.3 is 5.32 Å². The van der Waals surface area contributed by atoms with Gasteiger partial charge in [-0.05, 0) is 37.0 Å². The first kappa shape index (κ1) is 16.0. The van der Waals surface area contributed by atoms with Crippen LogP contribution in [0.4, 0.5) is 5.69 Å². The number of rotatable bonds is 4. The monoisotopic (exact) mass is 320 g/mol. The zero-order chi connectivity index (χ0) is 17.1. The molecule has 1 N–H and O–H groups in total. The molecule has 5 nitrogen and oxygen atoms in total. The molecular weight excluding hydrogens is 302 g/mol. The van der Waals surface area contributed by atoms with Crippen molar-refractivity contribution < 1.29 is 9.59 Å². The van der Waals surface area contributed by atoms with E-state index in [0.717, 1.165) is 16.0 Å². The Kier molecular flexibility index (Phi) is 4.44. The first-order valence-electron chi connectivity index (χ1n) is 7.63. The number of nitrogens with zero attached hydrogens (tertiary/aromatic N) is 2. The topological polar surface area (TPSA) is 63.5 Å². The highest BCUT2D eigenvalue weighted by atomic mass is 16.2. The molecular formula is C19H18N3O2. The number of nitrogens with one attached hydrogen (secondary N) is 1. The SMILES string of the molecule is CN(C)C(C(=O)Nc1ccc2c(c1)=CC(=O)[N]C=2)c1ccccc1. The molecule has 1 unspecified atom stereocenters. The van der Waals surface area contributed by atoms with Gasteiger partial charge in [-0.25, -0.2) is 5.32 Å². The van der Waals surface area contributed by atoms with E-state index in [-0.39, 0.29) is 11.8 Å². The molecule has 1 radical (unpaired) electrons. The van der Waals surface area contributed by atoms with Crippen LogP contribution < -0.4 is 21.1 Å². The maximum absolute atomic E-state index is 12.7. The number of benzene rings is 2. The third-order valence-corrected chi connectivity index (χ3v) is 3.84. The minimum atomic E-state index is -0.394. The summed E-state index contributed by atoms with van der Waals surface area (Å²) in [6, 6.07) is 14.7.